The zero-order chi connectivity index (χ0) is 14.8. The Morgan fingerprint density at radius 3 is 2.70 bits per heavy atom. The van der Waals surface area contributed by atoms with Gasteiger partial charge in [-0.25, -0.2) is 4.79 Å². The normalized spacial score (nSPS) is 12.0. The minimum Gasteiger partial charge on any atom is -0.495 e. The van der Waals surface area contributed by atoms with E-state index in [-0.39, 0.29) is 5.97 Å². The molecule has 0 saturated carbocycles. The lowest BCUT2D eigenvalue weighted by molar-refractivity contribution is -0.148. The molecule has 1 aromatic heterocycles. The molecule has 1 aromatic carbocycles. The van der Waals surface area contributed by atoms with Gasteiger partial charge in [0.15, 0.2) is 0 Å². The number of hydrogen-bond donors (Lipinski definition) is 1. The van der Waals surface area contributed by atoms with Gasteiger partial charge in [0, 0.05) is 17.2 Å². The highest BCUT2D eigenvalue weighted by Gasteiger charge is 2.14. The summed E-state index contributed by atoms with van der Waals surface area (Å²) in [5, 5.41) is 1.04. The molecule has 0 unspecified atom stereocenters. The molecule has 0 aliphatic carbocycles. The van der Waals surface area contributed by atoms with Crippen LogP contribution < -0.4 is 4.74 Å². The molecule has 2 rings (SSSR count). The molecule has 20 heavy (non-hydrogen) atoms. The van der Waals surface area contributed by atoms with Crippen LogP contribution in [-0.4, -0.2) is 23.7 Å². The number of para-hydroxylation sites is 1. The maximum Gasteiger partial charge on any atom is 0.331 e. The van der Waals surface area contributed by atoms with Gasteiger partial charge in [-0.1, -0.05) is 12.1 Å². The summed E-state index contributed by atoms with van der Waals surface area (Å²) in [5.74, 6) is 0.419. The molecule has 0 bridgehead atoms. The number of aromatic amines is 1. The third kappa shape index (κ3) is 3.41. The van der Waals surface area contributed by atoms with Crippen molar-refractivity contribution in [2.24, 2.45) is 0 Å². The van der Waals surface area contributed by atoms with Crippen LogP contribution in [0, 0.1) is 0 Å². The van der Waals surface area contributed by atoms with E-state index in [4.69, 9.17) is 9.47 Å². The van der Waals surface area contributed by atoms with Crippen LogP contribution in [-0.2, 0) is 9.53 Å². The van der Waals surface area contributed by atoms with Crippen molar-refractivity contribution in [1.82, 2.24) is 4.98 Å². The number of ether oxygens (including phenoxy) is 2. The van der Waals surface area contributed by atoms with Gasteiger partial charge in [-0.2, -0.15) is 0 Å². The summed E-state index contributed by atoms with van der Waals surface area (Å²) in [6, 6.07) is 7.76. The Hall–Kier alpha value is -2.23. The van der Waals surface area contributed by atoms with Gasteiger partial charge in [0.25, 0.3) is 0 Å². The molecule has 0 amide bonds. The van der Waals surface area contributed by atoms with Crippen molar-refractivity contribution in [3.05, 3.63) is 36.0 Å². The predicted octanol–water partition coefficient (Wildman–Crippen LogP) is 3.53. The number of hydrogen-bond acceptors (Lipinski definition) is 3. The fraction of sp³-hybridized carbons (Fsp3) is 0.312. The van der Waals surface area contributed by atoms with Crippen molar-refractivity contribution >= 4 is 22.9 Å². The second kappa shape index (κ2) is 5.41. The Morgan fingerprint density at radius 1 is 1.30 bits per heavy atom. The summed E-state index contributed by atoms with van der Waals surface area (Å²) in [4.78, 5) is 14.8. The van der Waals surface area contributed by atoms with Gasteiger partial charge >= 0.3 is 5.97 Å². The van der Waals surface area contributed by atoms with Crippen molar-refractivity contribution in [2.45, 2.75) is 26.4 Å². The number of nitrogens with one attached hydrogen (secondary N) is 1. The quantitative estimate of drug-likeness (QED) is 0.687. The topological polar surface area (TPSA) is 51.3 Å². The Labute approximate surface area is 118 Å². The van der Waals surface area contributed by atoms with Crippen LogP contribution in [0.1, 0.15) is 26.5 Å². The summed E-state index contributed by atoms with van der Waals surface area (Å²) in [6.07, 6.45) is 3.12. The second-order valence-corrected chi connectivity index (χ2v) is 5.52. The van der Waals surface area contributed by atoms with Crippen molar-refractivity contribution in [3.63, 3.8) is 0 Å². The van der Waals surface area contributed by atoms with E-state index in [0.29, 0.717) is 0 Å². The van der Waals surface area contributed by atoms with Crippen molar-refractivity contribution < 1.29 is 14.3 Å². The first-order valence-electron chi connectivity index (χ1n) is 6.46. The summed E-state index contributed by atoms with van der Waals surface area (Å²) in [7, 11) is 1.63. The van der Waals surface area contributed by atoms with E-state index in [1.807, 2.05) is 45.0 Å². The molecular weight excluding hydrogens is 254 g/mol. The summed E-state index contributed by atoms with van der Waals surface area (Å²) in [6.45, 7) is 5.52. The fourth-order valence-electron chi connectivity index (χ4n) is 1.90. The summed E-state index contributed by atoms with van der Waals surface area (Å²) in [5.41, 5.74) is 1.26. The van der Waals surface area contributed by atoms with Gasteiger partial charge in [-0.05, 0) is 39.0 Å². The lowest BCUT2D eigenvalue weighted by atomic mass is 10.2. The number of benzene rings is 1. The zero-order valence-electron chi connectivity index (χ0n) is 12.2. The van der Waals surface area contributed by atoms with E-state index in [0.717, 1.165) is 22.3 Å². The molecule has 0 aliphatic rings. The molecule has 106 valence electrons. The first-order chi connectivity index (χ1) is 9.39. The van der Waals surface area contributed by atoms with Gasteiger partial charge in [0.1, 0.15) is 11.4 Å². The number of methoxy groups -OCH3 is 1. The lowest BCUT2D eigenvalue weighted by Gasteiger charge is -2.17. The number of aromatic nitrogens is 1. The molecule has 0 radical (unpaired) electrons. The molecule has 0 fully saturated rings. The molecule has 4 nitrogen and oxygen atoms in total. The standard InChI is InChI=1S/C16H19NO3/c1-16(2,3)20-14(18)9-8-12-10-11-6-5-7-13(19-4)15(11)17-12/h5-10,17H,1-4H3/b9-8+. The Morgan fingerprint density at radius 2 is 2.05 bits per heavy atom. The predicted molar refractivity (Wildman–Crippen MR) is 79.7 cm³/mol. The molecular formula is C16H19NO3. The average Bonchev–Trinajstić information content (AvgIpc) is 2.76. The van der Waals surface area contributed by atoms with Crippen LogP contribution in [0.5, 0.6) is 5.75 Å². The van der Waals surface area contributed by atoms with Crippen molar-refractivity contribution in [2.75, 3.05) is 7.11 Å². The van der Waals surface area contributed by atoms with Crippen LogP contribution in [0.2, 0.25) is 0 Å². The van der Waals surface area contributed by atoms with Gasteiger partial charge in [0.2, 0.25) is 0 Å². The number of fused-ring (bicyclic) bond motifs is 1. The first-order valence-corrected chi connectivity index (χ1v) is 6.46. The van der Waals surface area contributed by atoms with Gasteiger partial charge in [-0.3, -0.25) is 0 Å². The number of rotatable bonds is 3. The van der Waals surface area contributed by atoms with E-state index in [2.05, 4.69) is 4.98 Å². The Kier molecular flexibility index (Phi) is 3.84. The smallest absolute Gasteiger partial charge is 0.331 e. The highest BCUT2D eigenvalue weighted by molar-refractivity contribution is 5.91. The van der Waals surface area contributed by atoms with E-state index < -0.39 is 5.60 Å². The molecule has 0 saturated heterocycles. The highest BCUT2D eigenvalue weighted by atomic mass is 16.6. The van der Waals surface area contributed by atoms with Crippen LogP contribution in [0.25, 0.3) is 17.0 Å². The molecule has 0 aliphatic heterocycles. The van der Waals surface area contributed by atoms with E-state index in [1.165, 1.54) is 6.08 Å². The first kappa shape index (κ1) is 14.2. The summed E-state index contributed by atoms with van der Waals surface area (Å²) < 4.78 is 10.5. The molecule has 4 heteroatoms. The van der Waals surface area contributed by atoms with E-state index >= 15 is 0 Å². The van der Waals surface area contributed by atoms with Crippen LogP contribution in [0.4, 0.5) is 0 Å². The van der Waals surface area contributed by atoms with Crippen LogP contribution in [0.3, 0.4) is 0 Å². The molecule has 0 spiro atoms. The lowest BCUT2D eigenvalue weighted by Crippen LogP contribution is -2.22. The van der Waals surface area contributed by atoms with Gasteiger partial charge < -0.3 is 14.5 Å². The Bertz CT molecular complexity index is 647. The monoisotopic (exact) mass is 273 g/mol. The SMILES string of the molecule is COc1cccc2cc(/C=C/C(=O)OC(C)(C)C)[nH]c12. The van der Waals surface area contributed by atoms with Gasteiger partial charge in [-0.15, -0.1) is 0 Å². The summed E-state index contributed by atoms with van der Waals surface area (Å²) >= 11 is 0. The third-order valence-corrected chi connectivity index (χ3v) is 2.66. The third-order valence-electron chi connectivity index (χ3n) is 2.66. The van der Waals surface area contributed by atoms with Crippen LogP contribution in [0.15, 0.2) is 30.3 Å². The maximum atomic E-state index is 11.6. The van der Waals surface area contributed by atoms with E-state index in [1.54, 1.807) is 13.2 Å². The number of esters is 1. The zero-order valence-corrected chi connectivity index (χ0v) is 12.2. The fourth-order valence-corrected chi connectivity index (χ4v) is 1.90. The largest absolute Gasteiger partial charge is 0.495 e. The Balaban J connectivity index is 2.20. The van der Waals surface area contributed by atoms with Crippen molar-refractivity contribution in [3.8, 4) is 5.75 Å². The maximum absolute atomic E-state index is 11.6. The van der Waals surface area contributed by atoms with E-state index in [9.17, 15) is 4.79 Å². The van der Waals surface area contributed by atoms with Gasteiger partial charge in [0.05, 0.1) is 12.6 Å². The average molecular weight is 273 g/mol. The molecule has 1 N–H and O–H groups in total. The highest BCUT2D eigenvalue weighted by Crippen LogP contribution is 2.25. The van der Waals surface area contributed by atoms with Crippen LogP contribution >= 0.6 is 0 Å². The minimum atomic E-state index is -0.481. The number of H-pyrrole nitrogens is 1. The number of carbonyl (C=O) groups excluding carboxylic acids is 1. The minimum absolute atomic E-state index is 0.358. The molecule has 0 atom stereocenters. The second-order valence-electron chi connectivity index (χ2n) is 5.52. The number of carbonyl (C=O) groups is 1. The van der Waals surface area contributed by atoms with Crippen molar-refractivity contribution in [1.29, 1.82) is 0 Å². The molecule has 1 heterocycles. The molecule has 2 aromatic rings.